The van der Waals surface area contributed by atoms with Crippen LogP contribution in [0.25, 0.3) is 10.8 Å². The van der Waals surface area contributed by atoms with Gasteiger partial charge >= 0.3 is 0 Å². The molecule has 1 heterocycles. The van der Waals surface area contributed by atoms with E-state index in [9.17, 15) is 4.79 Å². The molecule has 4 nitrogen and oxygen atoms in total. The highest BCUT2D eigenvalue weighted by molar-refractivity contribution is 7.15. The largest absolute Gasteiger partial charge is 0.300 e. The Labute approximate surface area is 174 Å². The topological polar surface area (TPSA) is 54.9 Å². The van der Waals surface area contributed by atoms with Crippen molar-refractivity contribution in [2.75, 3.05) is 5.32 Å². The van der Waals surface area contributed by atoms with E-state index in [1.165, 1.54) is 38.5 Å². The number of hydrogen-bond acceptors (Lipinski definition) is 4. The molecule has 4 aliphatic carbocycles. The zero-order chi connectivity index (χ0) is 19.4. The van der Waals surface area contributed by atoms with Gasteiger partial charge in [-0.2, -0.15) is 0 Å². The van der Waals surface area contributed by atoms with Crippen LogP contribution in [0.4, 0.5) is 5.13 Å². The Morgan fingerprint density at radius 3 is 2.41 bits per heavy atom. The maximum atomic E-state index is 12.7. The molecule has 29 heavy (non-hydrogen) atoms. The first-order chi connectivity index (χ1) is 14.2. The molecule has 1 aromatic heterocycles. The normalized spacial score (nSPS) is 30.0. The molecule has 5 heteroatoms. The highest BCUT2D eigenvalue weighted by Gasteiger charge is 2.53. The molecule has 4 fully saturated rings. The Bertz CT molecular complexity index is 1050. The molecule has 4 bridgehead atoms. The second-order valence-electron chi connectivity index (χ2n) is 9.47. The minimum Gasteiger partial charge on any atom is -0.300 e. The number of hydrogen-bond donors (Lipinski definition) is 1. The summed E-state index contributed by atoms with van der Waals surface area (Å²) >= 11 is 1.61. The van der Waals surface area contributed by atoms with Crippen LogP contribution < -0.4 is 5.32 Å². The number of carbonyl (C=O) groups is 1. The van der Waals surface area contributed by atoms with Crippen LogP contribution in [-0.2, 0) is 16.6 Å². The lowest BCUT2D eigenvalue weighted by Gasteiger charge is -2.55. The van der Waals surface area contributed by atoms with Crippen molar-refractivity contribution in [3.8, 4) is 0 Å². The monoisotopic (exact) mass is 403 g/mol. The molecule has 0 aliphatic heterocycles. The van der Waals surface area contributed by atoms with Crippen molar-refractivity contribution < 1.29 is 4.79 Å². The van der Waals surface area contributed by atoms with Gasteiger partial charge in [0.05, 0.1) is 6.42 Å². The minimum absolute atomic E-state index is 0.0189. The third-order valence-corrected chi connectivity index (χ3v) is 8.48. The summed E-state index contributed by atoms with van der Waals surface area (Å²) < 4.78 is 0. The molecule has 0 unspecified atom stereocenters. The summed E-state index contributed by atoms with van der Waals surface area (Å²) in [5.41, 5.74) is 1.29. The van der Waals surface area contributed by atoms with E-state index in [0.29, 0.717) is 11.6 Å². The Balaban J connectivity index is 1.19. The SMILES string of the molecule is O=C(Cc1cccc2ccccc12)Nc1nnc(C23CC4CC(CC(C4)C2)C3)s1. The fourth-order valence-electron chi connectivity index (χ4n) is 6.64. The van der Waals surface area contributed by atoms with Gasteiger partial charge < -0.3 is 5.32 Å². The molecule has 0 atom stereocenters. The summed E-state index contributed by atoms with van der Waals surface area (Å²) in [5.74, 6) is 2.63. The fraction of sp³-hybridized carbons (Fsp3) is 0.458. The van der Waals surface area contributed by atoms with Gasteiger partial charge in [-0.3, -0.25) is 4.79 Å². The number of aromatic nitrogens is 2. The van der Waals surface area contributed by atoms with Gasteiger partial charge in [-0.05, 0) is 72.6 Å². The summed E-state index contributed by atoms with van der Waals surface area (Å²) in [6, 6.07) is 14.3. The number of nitrogens with zero attached hydrogens (tertiary/aromatic N) is 2. The van der Waals surface area contributed by atoms with Crippen molar-refractivity contribution in [3.63, 3.8) is 0 Å². The first-order valence-electron chi connectivity index (χ1n) is 10.8. The van der Waals surface area contributed by atoms with Crippen molar-refractivity contribution in [2.45, 2.75) is 50.4 Å². The zero-order valence-corrected chi connectivity index (χ0v) is 17.3. The van der Waals surface area contributed by atoms with Gasteiger partial charge in [-0.1, -0.05) is 53.8 Å². The Kier molecular flexibility index (Phi) is 4.02. The Morgan fingerprint density at radius 2 is 1.66 bits per heavy atom. The van der Waals surface area contributed by atoms with E-state index in [1.54, 1.807) is 11.3 Å². The highest BCUT2D eigenvalue weighted by Crippen LogP contribution is 2.61. The van der Waals surface area contributed by atoms with Crippen LogP contribution in [-0.4, -0.2) is 16.1 Å². The second kappa shape index (κ2) is 6.63. The maximum absolute atomic E-state index is 12.7. The van der Waals surface area contributed by atoms with E-state index >= 15 is 0 Å². The lowest BCUT2D eigenvalue weighted by molar-refractivity contribution is -0.115. The molecule has 0 saturated heterocycles. The summed E-state index contributed by atoms with van der Waals surface area (Å²) in [7, 11) is 0. The lowest BCUT2D eigenvalue weighted by Crippen LogP contribution is -2.48. The molecule has 7 rings (SSSR count). The van der Waals surface area contributed by atoms with E-state index in [4.69, 9.17) is 0 Å². The summed E-state index contributed by atoms with van der Waals surface area (Å²) in [6.45, 7) is 0. The maximum Gasteiger partial charge on any atom is 0.230 e. The summed E-state index contributed by atoms with van der Waals surface area (Å²) in [5, 5.41) is 16.1. The van der Waals surface area contributed by atoms with Gasteiger partial charge in [0.1, 0.15) is 5.01 Å². The number of carbonyl (C=O) groups excluding carboxylic acids is 1. The van der Waals surface area contributed by atoms with Crippen LogP contribution in [0.3, 0.4) is 0 Å². The molecular weight excluding hydrogens is 378 g/mol. The molecule has 3 aromatic rings. The van der Waals surface area contributed by atoms with Gasteiger partial charge in [-0.25, -0.2) is 0 Å². The summed E-state index contributed by atoms with van der Waals surface area (Å²) in [4.78, 5) is 12.7. The van der Waals surface area contributed by atoms with Crippen LogP contribution in [0.1, 0.15) is 49.1 Å². The van der Waals surface area contributed by atoms with Crippen molar-refractivity contribution in [1.82, 2.24) is 10.2 Å². The van der Waals surface area contributed by atoms with E-state index in [2.05, 4.69) is 33.7 Å². The zero-order valence-electron chi connectivity index (χ0n) is 16.4. The number of fused-ring (bicyclic) bond motifs is 1. The van der Waals surface area contributed by atoms with E-state index in [1.807, 2.05) is 24.3 Å². The van der Waals surface area contributed by atoms with Gasteiger partial charge in [0.2, 0.25) is 11.0 Å². The fourth-order valence-corrected chi connectivity index (χ4v) is 7.62. The highest BCUT2D eigenvalue weighted by atomic mass is 32.1. The number of rotatable bonds is 4. The Hall–Kier alpha value is -2.27. The predicted molar refractivity (Wildman–Crippen MR) is 116 cm³/mol. The molecule has 0 spiro atoms. The van der Waals surface area contributed by atoms with Crippen LogP contribution in [0, 0.1) is 17.8 Å². The molecule has 2 aromatic carbocycles. The number of benzene rings is 2. The van der Waals surface area contributed by atoms with E-state index < -0.39 is 0 Å². The van der Waals surface area contributed by atoms with E-state index in [-0.39, 0.29) is 11.3 Å². The van der Waals surface area contributed by atoms with Crippen molar-refractivity contribution >= 4 is 33.1 Å². The number of anilines is 1. The minimum atomic E-state index is -0.0189. The average molecular weight is 404 g/mol. The van der Waals surface area contributed by atoms with Gasteiger partial charge in [0.25, 0.3) is 0 Å². The van der Waals surface area contributed by atoms with Crippen molar-refractivity contribution in [2.24, 2.45) is 17.8 Å². The standard InChI is InChI=1S/C24H25N3OS/c28-21(11-19-6-3-5-18-4-1-2-7-20(18)19)25-23-27-26-22(29-23)24-12-15-8-16(13-24)10-17(9-15)14-24/h1-7,15-17H,8-14H2,(H,25,27,28). The van der Waals surface area contributed by atoms with Crippen LogP contribution in [0.15, 0.2) is 42.5 Å². The van der Waals surface area contributed by atoms with Gasteiger partial charge in [-0.15, -0.1) is 10.2 Å². The molecule has 4 aliphatic rings. The van der Waals surface area contributed by atoms with Crippen molar-refractivity contribution in [3.05, 3.63) is 53.0 Å². The third-order valence-electron chi connectivity index (χ3n) is 7.39. The molecule has 1 N–H and O–H groups in total. The molecule has 148 valence electrons. The lowest BCUT2D eigenvalue weighted by atomic mass is 9.50. The second-order valence-corrected chi connectivity index (χ2v) is 10.5. The van der Waals surface area contributed by atoms with Crippen LogP contribution in [0.2, 0.25) is 0 Å². The molecule has 4 saturated carbocycles. The number of amides is 1. The van der Waals surface area contributed by atoms with Gasteiger partial charge in [0.15, 0.2) is 0 Å². The molecule has 1 amide bonds. The van der Waals surface area contributed by atoms with E-state index in [0.717, 1.165) is 39.1 Å². The third kappa shape index (κ3) is 3.07. The smallest absolute Gasteiger partial charge is 0.230 e. The molecule has 0 radical (unpaired) electrons. The Morgan fingerprint density at radius 1 is 0.966 bits per heavy atom. The first-order valence-corrected chi connectivity index (χ1v) is 11.6. The van der Waals surface area contributed by atoms with Crippen LogP contribution >= 0.6 is 11.3 Å². The quantitative estimate of drug-likeness (QED) is 0.640. The van der Waals surface area contributed by atoms with Crippen LogP contribution in [0.5, 0.6) is 0 Å². The first kappa shape index (κ1) is 17.6. The molecular formula is C24H25N3OS. The average Bonchev–Trinajstić information content (AvgIpc) is 3.16. The predicted octanol–water partition coefficient (Wildman–Crippen LogP) is 5.34. The summed E-state index contributed by atoms with van der Waals surface area (Å²) in [6.07, 6.45) is 8.45. The van der Waals surface area contributed by atoms with Crippen molar-refractivity contribution in [1.29, 1.82) is 0 Å². The van der Waals surface area contributed by atoms with Gasteiger partial charge in [0, 0.05) is 5.41 Å². The number of nitrogens with one attached hydrogen (secondary N) is 1.